The molecule has 0 saturated carbocycles. The number of ether oxygens (including phenoxy) is 1. The topological polar surface area (TPSA) is 95.9 Å². The zero-order valence-electron chi connectivity index (χ0n) is 20.9. The van der Waals surface area contributed by atoms with Crippen LogP contribution in [0.2, 0.25) is 0 Å². The van der Waals surface area contributed by atoms with Gasteiger partial charge in [0.1, 0.15) is 11.7 Å². The molecule has 1 aliphatic rings. The van der Waals surface area contributed by atoms with Crippen LogP contribution in [0.4, 0.5) is 0 Å². The summed E-state index contributed by atoms with van der Waals surface area (Å²) in [7, 11) is 1.75. The van der Waals surface area contributed by atoms with E-state index >= 15 is 0 Å². The van der Waals surface area contributed by atoms with Crippen molar-refractivity contribution in [3.8, 4) is 17.7 Å². The molecule has 0 fully saturated rings. The third kappa shape index (κ3) is 6.80. The van der Waals surface area contributed by atoms with Crippen LogP contribution in [-0.2, 0) is 11.2 Å². The van der Waals surface area contributed by atoms with Gasteiger partial charge in [0.2, 0.25) is 11.8 Å². The van der Waals surface area contributed by atoms with Gasteiger partial charge >= 0.3 is 0 Å². The van der Waals surface area contributed by atoms with E-state index in [1.54, 1.807) is 41.5 Å². The number of fused-ring (bicyclic) bond motifs is 1. The van der Waals surface area contributed by atoms with Gasteiger partial charge in [0.05, 0.1) is 25.6 Å². The van der Waals surface area contributed by atoms with E-state index in [4.69, 9.17) is 4.74 Å². The Morgan fingerprint density at radius 2 is 2.11 bits per heavy atom. The van der Waals surface area contributed by atoms with Crippen LogP contribution in [0.25, 0.3) is 0 Å². The number of pyridine rings is 2. The van der Waals surface area contributed by atoms with Crippen molar-refractivity contribution in [1.82, 2.24) is 19.8 Å². The van der Waals surface area contributed by atoms with Crippen molar-refractivity contribution in [3.05, 3.63) is 53.5 Å². The first-order valence-corrected chi connectivity index (χ1v) is 12.0. The molecular weight excluding hydrogens is 444 g/mol. The molecule has 2 aromatic rings. The molecule has 0 unspecified atom stereocenters. The Morgan fingerprint density at radius 1 is 1.37 bits per heavy atom. The normalized spacial score (nSPS) is 18.3. The minimum absolute atomic E-state index is 0.0413. The average molecular weight is 479 g/mol. The molecule has 0 aliphatic carbocycles. The predicted molar refractivity (Wildman–Crippen MR) is 133 cm³/mol. The van der Waals surface area contributed by atoms with Gasteiger partial charge in [-0.3, -0.25) is 14.6 Å². The van der Waals surface area contributed by atoms with E-state index in [0.717, 1.165) is 18.4 Å². The number of carbonyl (C=O) groups excluding carboxylic acids is 2. The molecule has 1 aliphatic heterocycles. The van der Waals surface area contributed by atoms with E-state index in [0.29, 0.717) is 24.2 Å². The lowest BCUT2D eigenvalue weighted by Gasteiger charge is -2.37. The van der Waals surface area contributed by atoms with Gasteiger partial charge in [-0.05, 0) is 37.1 Å². The first kappa shape index (κ1) is 26.2. The number of carbonyl (C=O) groups is 2. The molecule has 0 aromatic carbocycles. The minimum atomic E-state index is -0.397. The summed E-state index contributed by atoms with van der Waals surface area (Å²) in [5, 5.41) is 9.80. The first-order chi connectivity index (χ1) is 16.8. The number of hydrogen-bond acceptors (Lipinski definition) is 6. The summed E-state index contributed by atoms with van der Waals surface area (Å²) in [6.07, 6.45) is 6.51. The third-order valence-corrected chi connectivity index (χ3v) is 6.11. The van der Waals surface area contributed by atoms with Gasteiger partial charge in [-0.2, -0.15) is 0 Å². The number of hydrogen-bond donors (Lipinski definition) is 1. The lowest BCUT2D eigenvalue weighted by Crippen LogP contribution is -2.50. The molecule has 0 saturated heterocycles. The third-order valence-electron chi connectivity index (χ3n) is 6.11. The Kier molecular flexibility index (Phi) is 9.21. The van der Waals surface area contributed by atoms with Crippen LogP contribution < -0.4 is 4.74 Å². The Balaban J connectivity index is 1.87. The zero-order chi connectivity index (χ0) is 25.4. The maximum Gasteiger partial charge on any atom is 0.259 e. The Labute approximate surface area is 207 Å². The van der Waals surface area contributed by atoms with Crippen molar-refractivity contribution in [2.75, 3.05) is 26.7 Å². The van der Waals surface area contributed by atoms with Crippen LogP contribution in [0.1, 0.15) is 55.1 Å². The fourth-order valence-electron chi connectivity index (χ4n) is 3.86. The number of aliphatic hydroxyl groups excluding tert-OH is 1. The van der Waals surface area contributed by atoms with E-state index < -0.39 is 6.10 Å². The van der Waals surface area contributed by atoms with Crippen LogP contribution in [-0.4, -0.2) is 75.6 Å². The molecule has 8 nitrogen and oxygen atoms in total. The highest BCUT2D eigenvalue weighted by Crippen LogP contribution is 2.27. The second kappa shape index (κ2) is 12.3. The SMILES string of the molecule is CCCC#Cc1cnc2c(c1)C(=O)N([C@@H](C)CO)C[C@H](C)[C@H](CN(C)C(=O)Cc1ccncc1)O2. The molecule has 3 rings (SSSR count). The lowest BCUT2D eigenvalue weighted by molar-refractivity contribution is -0.130. The Hall–Kier alpha value is -3.44. The summed E-state index contributed by atoms with van der Waals surface area (Å²) in [6.45, 7) is 6.39. The van der Waals surface area contributed by atoms with Gasteiger partial charge in [-0.1, -0.05) is 25.7 Å². The van der Waals surface area contributed by atoms with Crippen molar-refractivity contribution in [2.45, 2.75) is 52.2 Å². The van der Waals surface area contributed by atoms with Gasteiger partial charge < -0.3 is 19.6 Å². The fraction of sp³-hybridized carbons (Fsp3) is 0.481. The molecule has 1 N–H and O–H groups in total. The number of nitrogens with zero attached hydrogens (tertiary/aromatic N) is 4. The van der Waals surface area contributed by atoms with Crippen LogP contribution in [0.3, 0.4) is 0 Å². The molecular formula is C27H34N4O4. The highest BCUT2D eigenvalue weighted by atomic mass is 16.5. The number of unbranched alkanes of at least 4 members (excludes halogenated alkanes) is 1. The molecule has 3 atom stereocenters. The van der Waals surface area contributed by atoms with Crippen molar-refractivity contribution in [1.29, 1.82) is 0 Å². The molecule has 2 amide bonds. The second-order valence-electron chi connectivity index (χ2n) is 9.06. The van der Waals surface area contributed by atoms with Crippen LogP contribution in [0, 0.1) is 17.8 Å². The fourth-order valence-corrected chi connectivity index (χ4v) is 3.86. The summed E-state index contributed by atoms with van der Waals surface area (Å²) in [4.78, 5) is 38.0. The molecule has 0 spiro atoms. The standard InChI is InChI=1S/C27H34N4O4/c1-5-6-7-8-22-13-23-26(29-15-22)35-24(19(2)16-31(27(23)34)20(3)18-32)17-30(4)25(33)14-21-9-11-28-12-10-21/h9-13,15,19-20,24,32H,5-6,14,16-18H2,1-4H3/t19-,20-,24-/m0/s1. The van der Waals surface area contributed by atoms with E-state index in [1.165, 1.54) is 0 Å². The number of aromatic nitrogens is 2. The lowest BCUT2D eigenvalue weighted by atomic mass is 9.99. The van der Waals surface area contributed by atoms with E-state index in [9.17, 15) is 14.7 Å². The zero-order valence-corrected chi connectivity index (χ0v) is 20.9. The summed E-state index contributed by atoms with van der Waals surface area (Å²) < 4.78 is 6.26. The number of rotatable bonds is 7. The van der Waals surface area contributed by atoms with Gasteiger partial charge in [-0.25, -0.2) is 4.98 Å². The molecule has 0 bridgehead atoms. The number of likely N-dealkylation sites (N-methyl/N-ethyl adjacent to an activating group) is 1. The van der Waals surface area contributed by atoms with Crippen LogP contribution in [0.15, 0.2) is 36.8 Å². The maximum atomic E-state index is 13.4. The Morgan fingerprint density at radius 3 is 2.80 bits per heavy atom. The van der Waals surface area contributed by atoms with E-state index in [2.05, 4.69) is 28.7 Å². The monoisotopic (exact) mass is 478 g/mol. The largest absolute Gasteiger partial charge is 0.472 e. The van der Waals surface area contributed by atoms with Crippen molar-refractivity contribution in [2.24, 2.45) is 5.92 Å². The smallest absolute Gasteiger partial charge is 0.259 e. The average Bonchev–Trinajstić information content (AvgIpc) is 2.86. The molecule has 2 aromatic heterocycles. The molecule has 0 radical (unpaired) electrons. The molecule has 3 heterocycles. The summed E-state index contributed by atoms with van der Waals surface area (Å²) >= 11 is 0. The van der Waals surface area contributed by atoms with Crippen LogP contribution in [0.5, 0.6) is 5.88 Å². The first-order valence-electron chi connectivity index (χ1n) is 12.0. The predicted octanol–water partition coefficient (Wildman–Crippen LogP) is 2.55. The van der Waals surface area contributed by atoms with Crippen LogP contribution >= 0.6 is 0 Å². The summed E-state index contributed by atoms with van der Waals surface area (Å²) in [5.41, 5.74) is 1.84. The highest BCUT2D eigenvalue weighted by molar-refractivity contribution is 5.97. The Bertz CT molecular complexity index is 1080. The quantitative estimate of drug-likeness (QED) is 0.615. The maximum absolute atomic E-state index is 13.4. The highest BCUT2D eigenvalue weighted by Gasteiger charge is 2.34. The molecule has 8 heteroatoms. The summed E-state index contributed by atoms with van der Waals surface area (Å²) in [5.74, 6) is 5.95. The van der Waals surface area contributed by atoms with Crippen molar-refractivity contribution < 1.29 is 19.4 Å². The molecule has 35 heavy (non-hydrogen) atoms. The van der Waals surface area contributed by atoms with Crippen molar-refractivity contribution >= 4 is 11.8 Å². The van der Waals surface area contributed by atoms with Gasteiger partial charge in [0.15, 0.2) is 0 Å². The second-order valence-corrected chi connectivity index (χ2v) is 9.06. The van der Waals surface area contributed by atoms with Gasteiger partial charge in [0.25, 0.3) is 5.91 Å². The van der Waals surface area contributed by atoms with Gasteiger partial charge in [0, 0.05) is 50.1 Å². The number of aliphatic hydroxyl groups is 1. The van der Waals surface area contributed by atoms with Crippen molar-refractivity contribution in [3.63, 3.8) is 0 Å². The van der Waals surface area contributed by atoms with E-state index in [1.807, 2.05) is 26.0 Å². The molecule has 186 valence electrons. The van der Waals surface area contributed by atoms with E-state index in [-0.39, 0.29) is 42.7 Å². The minimum Gasteiger partial charge on any atom is -0.472 e. The van der Waals surface area contributed by atoms with Gasteiger partial charge in [-0.15, -0.1) is 0 Å². The number of amides is 2. The summed E-state index contributed by atoms with van der Waals surface area (Å²) in [6, 6.07) is 4.97.